The summed E-state index contributed by atoms with van der Waals surface area (Å²) in [5, 5.41) is 2.75. The maximum atomic E-state index is 13.1. The molecule has 164 valence electrons. The highest BCUT2D eigenvalue weighted by molar-refractivity contribution is 5.95. The molecule has 1 N–H and O–H groups in total. The molecule has 1 aliphatic heterocycles. The van der Waals surface area contributed by atoms with Crippen LogP contribution in [0.3, 0.4) is 0 Å². The first kappa shape index (κ1) is 21.8. The van der Waals surface area contributed by atoms with E-state index in [4.69, 9.17) is 4.74 Å². The number of carbonyl (C=O) groups is 2. The van der Waals surface area contributed by atoms with Crippen LogP contribution in [-0.2, 0) is 16.0 Å². The number of morpholine rings is 1. The van der Waals surface area contributed by atoms with Crippen LogP contribution in [0.1, 0.15) is 21.5 Å². The predicted molar refractivity (Wildman–Crippen MR) is 125 cm³/mol. The summed E-state index contributed by atoms with van der Waals surface area (Å²) in [6.07, 6.45) is 0.380. The number of aryl methyl sites for hydroxylation is 1. The number of nitrogens with one attached hydrogen (secondary N) is 1. The van der Waals surface area contributed by atoms with Gasteiger partial charge in [-0.05, 0) is 35.7 Å². The van der Waals surface area contributed by atoms with Crippen LogP contribution in [0.15, 0.2) is 78.9 Å². The van der Waals surface area contributed by atoms with Gasteiger partial charge in [-0.25, -0.2) is 0 Å². The van der Waals surface area contributed by atoms with Gasteiger partial charge < -0.3 is 15.0 Å². The Morgan fingerprint density at radius 1 is 0.969 bits per heavy atom. The molecule has 0 bridgehead atoms. The molecule has 2 amide bonds. The van der Waals surface area contributed by atoms with Gasteiger partial charge in [0.2, 0.25) is 0 Å². The highest BCUT2D eigenvalue weighted by Gasteiger charge is 2.44. The fourth-order valence-electron chi connectivity index (χ4n) is 4.21. The van der Waals surface area contributed by atoms with Gasteiger partial charge in [-0.2, -0.15) is 0 Å². The summed E-state index contributed by atoms with van der Waals surface area (Å²) in [5.41, 5.74) is 3.88. The number of hydrogen-bond acceptors (Lipinski definition) is 3. The Morgan fingerprint density at radius 3 is 2.44 bits per heavy atom. The Bertz CT molecular complexity index is 1100. The minimum atomic E-state index is -1.14. The lowest BCUT2D eigenvalue weighted by Crippen LogP contribution is -2.61. The van der Waals surface area contributed by atoms with E-state index in [2.05, 4.69) is 48.6 Å². The summed E-state index contributed by atoms with van der Waals surface area (Å²) in [6.45, 7) is 3.03. The lowest BCUT2D eigenvalue weighted by Gasteiger charge is -2.41. The molecule has 0 saturated carbocycles. The van der Waals surface area contributed by atoms with Crippen LogP contribution < -0.4 is 5.32 Å². The molecule has 3 aromatic carbocycles. The van der Waals surface area contributed by atoms with Crippen LogP contribution in [0.5, 0.6) is 0 Å². The van der Waals surface area contributed by atoms with Gasteiger partial charge in [0, 0.05) is 25.6 Å². The summed E-state index contributed by atoms with van der Waals surface area (Å²) >= 11 is 0. The first-order chi connectivity index (χ1) is 15.5. The van der Waals surface area contributed by atoms with Crippen molar-refractivity contribution in [3.05, 3.63) is 95.6 Å². The lowest BCUT2D eigenvalue weighted by molar-refractivity contribution is -0.156. The second-order valence-electron chi connectivity index (χ2n) is 8.26. The average molecular weight is 429 g/mol. The van der Waals surface area contributed by atoms with E-state index in [1.807, 2.05) is 30.3 Å². The van der Waals surface area contributed by atoms with Crippen molar-refractivity contribution in [3.8, 4) is 11.1 Å². The van der Waals surface area contributed by atoms with Crippen LogP contribution >= 0.6 is 0 Å². The van der Waals surface area contributed by atoms with E-state index in [0.29, 0.717) is 25.1 Å². The van der Waals surface area contributed by atoms with Crippen LogP contribution in [0, 0.1) is 6.92 Å². The molecule has 1 aliphatic rings. The summed E-state index contributed by atoms with van der Waals surface area (Å²) < 4.78 is 6.09. The van der Waals surface area contributed by atoms with Crippen molar-refractivity contribution in [1.82, 2.24) is 10.2 Å². The lowest BCUT2D eigenvalue weighted by atomic mass is 9.89. The fourth-order valence-corrected chi connectivity index (χ4v) is 4.21. The van der Waals surface area contributed by atoms with Gasteiger partial charge in [0.1, 0.15) is 0 Å². The van der Waals surface area contributed by atoms with Gasteiger partial charge >= 0.3 is 0 Å². The zero-order valence-corrected chi connectivity index (χ0v) is 18.5. The molecule has 0 aromatic heterocycles. The van der Waals surface area contributed by atoms with Crippen LogP contribution in [-0.4, -0.2) is 49.1 Å². The molecule has 5 nitrogen and oxygen atoms in total. The largest absolute Gasteiger partial charge is 0.361 e. The smallest absolute Gasteiger partial charge is 0.254 e. The van der Waals surface area contributed by atoms with Gasteiger partial charge in [0.05, 0.1) is 13.2 Å². The van der Waals surface area contributed by atoms with Gasteiger partial charge in [-0.15, -0.1) is 0 Å². The first-order valence-electron chi connectivity index (χ1n) is 10.9. The Labute approximate surface area is 189 Å². The molecular weight excluding hydrogens is 400 g/mol. The molecule has 1 fully saturated rings. The average Bonchev–Trinajstić information content (AvgIpc) is 2.84. The molecule has 5 heteroatoms. The maximum absolute atomic E-state index is 13.1. The van der Waals surface area contributed by atoms with Gasteiger partial charge in [0.25, 0.3) is 11.8 Å². The number of amides is 2. The molecule has 32 heavy (non-hydrogen) atoms. The zero-order chi connectivity index (χ0) is 22.6. The highest BCUT2D eigenvalue weighted by Crippen LogP contribution is 2.28. The van der Waals surface area contributed by atoms with Crippen molar-refractivity contribution in [2.75, 3.05) is 26.7 Å². The Balaban J connectivity index is 1.61. The monoisotopic (exact) mass is 428 g/mol. The fraction of sp³-hybridized carbons (Fsp3) is 0.259. The molecular formula is C27H28N2O3. The number of nitrogens with zero attached hydrogens (tertiary/aromatic N) is 1. The maximum Gasteiger partial charge on any atom is 0.254 e. The van der Waals surface area contributed by atoms with Crippen molar-refractivity contribution >= 4 is 11.8 Å². The van der Waals surface area contributed by atoms with E-state index >= 15 is 0 Å². The third-order valence-electron chi connectivity index (χ3n) is 5.94. The summed E-state index contributed by atoms with van der Waals surface area (Å²) in [6, 6.07) is 25.7. The Morgan fingerprint density at radius 2 is 1.72 bits per heavy atom. The van der Waals surface area contributed by atoms with Crippen LogP contribution in [0.2, 0.25) is 0 Å². The van der Waals surface area contributed by atoms with E-state index in [-0.39, 0.29) is 18.4 Å². The molecule has 0 unspecified atom stereocenters. The van der Waals surface area contributed by atoms with Crippen molar-refractivity contribution in [1.29, 1.82) is 0 Å². The van der Waals surface area contributed by atoms with E-state index in [1.54, 1.807) is 24.1 Å². The van der Waals surface area contributed by atoms with E-state index in [1.165, 1.54) is 5.56 Å². The van der Waals surface area contributed by atoms with Gasteiger partial charge in [-0.1, -0.05) is 72.3 Å². The van der Waals surface area contributed by atoms with Gasteiger partial charge in [0.15, 0.2) is 5.60 Å². The van der Waals surface area contributed by atoms with Crippen LogP contribution in [0.25, 0.3) is 11.1 Å². The highest BCUT2D eigenvalue weighted by atomic mass is 16.5. The topological polar surface area (TPSA) is 58.6 Å². The quantitative estimate of drug-likeness (QED) is 0.671. The van der Waals surface area contributed by atoms with Gasteiger partial charge in [-0.3, -0.25) is 9.59 Å². The minimum Gasteiger partial charge on any atom is -0.361 e. The van der Waals surface area contributed by atoms with Crippen molar-refractivity contribution in [2.24, 2.45) is 0 Å². The molecule has 0 aliphatic carbocycles. The second-order valence-corrected chi connectivity index (χ2v) is 8.26. The molecule has 4 rings (SSSR count). The van der Waals surface area contributed by atoms with E-state index in [0.717, 1.165) is 16.7 Å². The Hall–Kier alpha value is -3.44. The van der Waals surface area contributed by atoms with Crippen molar-refractivity contribution in [2.45, 2.75) is 18.9 Å². The number of ether oxygens (including phenoxy) is 1. The summed E-state index contributed by atoms with van der Waals surface area (Å²) in [7, 11) is 1.61. The van der Waals surface area contributed by atoms with E-state index < -0.39 is 5.60 Å². The number of carbonyl (C=O) groups excluding carboxylic acids is 2. The number of rotatable bonds is 5. The predicted octanol–water partition coefficient (Wildman–Crippen LogP) is 3.86. The molecule has 1 atom stereocenters. The molecule has 1 saturated heterocycles. The summed E-state index contributed by atoms with van der Waals surface area (Å²) in [4.78, 5) is 27.8. The van der Waals surface area contributed by atoms with Crippen LogP contribution in [0.4, 0.5) is 0 Å². The van der Waals surface area contributed by atoms with Crippen molar-refractivity contribution in [3.63, 3.8) is 0 Å². The Kier molecular flexibility index (Phi) is 6.37. The second kappa shape index (κ2) is 9.37. The molecule has 0 spiro atoms. The zero-order valence-electron chi connectivity index (χ0n) is 18.5. The minimum absolute atomic E-state index is 0.0874. The first-order valence-corrected chi connectivity index (χ1v) is 10.9. The normalized spacial score (nSPS) is 18.2. The number of likely N-dealkylation sites (N-methyl/N-ethyl adjacent to an activating group) is 1. The SMILES string of the molecule is CNC(=O)[C@@]1(Cc2cccc(-c3ccc(C)cc3)c2)CN(C(=O)c2ccccc2)CCO1. The third kappa shape index (κ3) is 4.58. The number of benzene rings is 3. The standard InChI is InChI=1S/C27H28N2O3/c1-20-11-13-22(14-12-20)24-10-6-7-21(17-24)18-27(26(31)28-2)19-29(15-16-32-27)25(30)23-8-4-3-5-9-23/h3-14,17H,15-16,18-19H2,1-2H3,(H,28,31)/t27-/m1/s1. The van der Waals surface area contributed by atoms with Crippen molar-refractivity contribution < 1.29 is 14.3 Å². The molecule has 0 radical (unpaired) electrons. The third-order valence-corrected chi connectivity index (χ3v) is 5.94. The molecule has 3 aromatic rings. The molecule has 1 heterocycles. The number of hydrogen-bond donors (Lipinski definition) is 1. The summed E-state index contributed by atoms with van der Waals surface area (Å²) in [5.74, 6) is -0.306. The van der Waals surface area contributed by atoms with E-state index in [9.17, 15) is 9.59 Å².